The molecule has 3 fully saturated rings. The van der Waals surface area contributed by atoms with Crippen molar-refractivity contribution >= 4 is 17.7 Å². The predicted molar refractivity (Wildman–Crippen MR) is 141 cm³/mol. The molecule has 1 aromatic carbocycles. The highest BCUT2D eigenvalue weighted by atomic mass is 16.6. The summed E-state index contributed by atoms with van der Waals surface area (Å²) in [7, 11) is 0. The van der Waals surface area contributed by atoms with Gasteiger partial charge in [0.2, 0.25) is 0 Å². The summed E-state index contributed by atoms with van der Waals surface area (Å²) >= 11 is 0. The second-order valence-electron chi connectivity index (χ2n) is 12.5. The van der Waals surface area contributed by atoms with E-state index >= 15 is 0 Å². The van der Waals surface area contributed by atoms with E-state index in [1.807, 2.05) is 13.8 Å². The first-order valence-electron chi connectivity index (χ1n) is 13.5. The van der Waals surface area contributed by atoms with Crippen molar-refractivity contribution in [1.29, 1.82) is 0 Å². The van der Waals surface area contributed by atoms with E-state index in [4.69, 9.17) is 14.2 Å². The Bertz CT molecular complexity index is 1280. The molecule has 0 amide bonds. The van der Waals surface area contributed by atoms with Crippen molar-refractivity contribution in [2.75, 3.05) is 6.61 Å². The van der Waals surface area contributed by atoms with Crippen LogP contribution in [0, 0.1) is 22.7 Å². The summed E-state index contributed by atoms with van der Waals surface area (Å²) in [4.78, 5) is 40.8. The Morgan fingerprint density at radius 3 is 2.36 bits per heavy atom. The number of carbonyl (C=O) groups excluding carboxylic acids is 3. The number of benzene rings is 1. The topological polar surface area (TPSA) is 119 Å². The minimum atomic E-state index is -1.84. The van der Waals surface area contributed by atoms with Gasteiger partial charge in [-0.15, -0.1) is 0 Å². The van der Waals surface area contributed by atoms with Crippen molar-refractivity contribution in [1.82, 2.24) is 0 Å². The van der Waals surface area contributed by atoms with Gasteiger partial charge in [0, 0.05) is 24.7 Å². The lowest BCUT2D eigenvalue weighted by Gasteiger charge is -2.67. The van der Waals surface area contributed by atoms with Gasteiger partial charge in [-0.25, -0.2) is 4.79 Å². The molecular weight excluding hydrogens is 500 g/mol. The van der Waals surface area contributed by atoms with Crippen LogP contribution in [0.1, 0.15) is 64.7 Å². The fourth-order valence-electron chi connectivity index (χ4n) is 8.09. The third-order valence-corrected chi connectivity index (χ3v) is 10.2. The molecule has 8 atom stereocenters. The van der Waals surface area contributed by atoms with Gasteiger partial charge in [0.15, 0.2) is 5.60 Å². The predicted octanol–water partition coefficient (Wildman–Crippen LogP) is 3.55. The minimum absolute atomic E-state index is 0.0212. The Morgan fingerprint density at radius 1 is 1.15 bits per heavy atom. The fourth-order valence-corrected chi connectivity index (χ4v) is 8.09. The summed E-state index contributed by atoms with van der Waals surface area (Å²) in [5.41, 5.74) is -3.53. The number of rotatable bonds is 3. The molecule has 0 aromatic heterocycles. The Labute approximate surface area is 229 Å². The van der Waals surface area contributed by atoms with Crippen LogP contribution in [-0.2, 0) is 23.8 Å². The highest BCUT2D eigenvalue weighted by molar-refractivity contribution is 5.94. The molecule has 0 spiro atoms. The molecule has 8 nitrogen and oxygen atoms in total. The number of aliphatic hydroxyl groups is 2. The van der Waals surface area contributed by atoms with Gasteiger partial charge in [-0.3, -0.25) is 9.59 Å². The summed E-state index contributed by atoms with van der Waals surface area (Å²) in [5.74, 6) is -3.16. The highest BCUT2D eigenvalue weighted by Crippen LogP contribution is 2.65. The molecule has 0 unspecified atom stereocenters. The highest BCUT2D eigenvalue weighted by Gasteiger charge is 2.76. The maximum absolute atomic E-state index is 14.6. The largest absolute Gasteiger partial charge is 0.455 e. The average molecular weight is 539 g/mol. The quantitative estimate of drug-likeness (QED) is 0.443. The Hall–Kier alpha value is -2.81. The van der Waals surface area contributed by atoms with Crippen LogP contribution in [0.5, 0.6) is 0 Å². The number of fused-ring (bicyclic) bond motifs is 5. The van der Waals surface area contributed by atoms with Crippen molar-refractivity contribution < 1.29 is 38.8 Å². The molecule has 2 N–H and O–H groups in total. The zero-order valence-corrected chi connectivity index (χ0v) is 23.4. The third-order valence-electron chi connectivity index (χ3n) is 10.2. The van der Waals surface area contributed by atoms with Crippen LogP contribution in [0.25, 0.3) is 0 Å². The summed E-state index contributed by atoms with van der Waals surface area (Å²) in [6, 6.07) is 8.39. The normalized spacial score (nSPS) is 40.9. The SMILES string of the molecule is C=C1C[C@H]2OC[C@@]2(OC(C)=O)[C@H]2[C@H](OC(=O)c3ccccc3)[C@]3(O)C[C@H](O)C(C)=C([C@@H](C)C(=O)[C@]12C)C3(C)C. The number of Topliss-reactive ketones (excluding diaryl/α,β-unsaturated/α-hetero) is 1. The van der Waals surface area contributed by atoms with E-state index in [1.165, 1.54) is 6.92 Å². The molecule has 1 saturated heterocycles. The van der Waals surface area contributed by atoms with Gasteiger partial charge >= 0.3 is 11.9 Å². The average Bonchev–Trinajstić information content (AvgIpc) is 2.87. The van der Waals surface area contributed by atoms with Crippen LogP contribution < -0.4 is 0 Å². The standard InChI is InChI=1S/C31H38O8/c1-16-13-22-30(15-37-22,39-19(4)32)24-26(38-27(35)20-11-9-8-10-12-20)31(36)14-21(33)17(2)23(28(31,5)6)18(3)25(34)29(16,24)7/h8-12,18,21-22,24,26,33,36H,1,13-15H2,2-7H3/t18-,21+,22-,24+,26+,29-,30+,31-/m1/s1. The first-order chi connectivity index (χ1) is 18.1. The number of carbonyl (C=O) groups is 3. The summed E-state index contributed by atoms with van der Waals surface area (Å²) in [6.07, 6.45) is -2.91. The van der Waals surface area contributed by atoms with Crippen molar-refractivity contribution in [3.63, 3.8) is 0 Å². The first-order valence-corrected chi connectivity index (χ1v) is 13.5. The second-order valence-corrected chi connectivity index (χ2v) is 12.5. The molecule has 39 heavy (non-hydrogen) atoms. The number of ether oxygens (including phenoxy) is 3. The van der Waals surface area contributed by atoms with Crippen molar-refractivity contribution in [3.8, 4) is 0 Å². The molecule has 0 radical (unpaired) electrons. The molecule has 1 aliphatic heterocycles. The fraction of sp³-hybridized carbons (Fsp3) is 0.581. The van der Waals surface area contributed by atoms with Crippen LogP contribution in [0.15, 0.2) is 53.6 Å². The van der Waals surface area contributed by atoms with Crippen molar-refractivity contribution in [3.05, 3.63) is 59.2 Å². The minimum Gasteiger partial charge on any atom is -0.455 e. The molecule has 3 aliphatic carbocycles. The van der Waals surface area contributed by atoms with Gasteiger partial charge in [0.05, 0.1) is 29.6 Å². The Balaban J connectivity index is 1.82. The smallest absolute Gasteiger partial charge is 0.338 e. The molecule has 1 aromatic rings. The Kier molecular flexibility index (Phi) is 6.29. The van der Waals surface area contributed by atoms with E-state index in [0.29, 0.717) is 16.7 Å². The van der Waals surface area contributed by atoms with Crippen LogP contribution in [0.4, 0.5) is 0 Å². The van der Waals surface area contributed by atoms with Crippen molar-refractivity contribution in [2.45, 2.75) is 83.9 Å². The molecule has 210 valence electrons. The van der Waals surface area contributed by atoms with Gasteiger partial charge < -0.3 is 24.4 Å². The van der Waals surface area contributed by atoms with E-state index in [2.05, 4.69) is 6.58 Å². The summed E-state index contributed by atoms with van der Waals surface area (Å²) < 4.78 is 18.2. The summed E-state index contributed by atoms with van der Waals surface area (Å²) in [6.45, 7) is 14.5. The zero-order valence-electron chi connectivity index (χ0n) is 23.4. The van der Waals surface area contributed by atoms with E-state index in [9.17, 15) is 24.6 Å². The molecular formula is C31H38O8. The number of hydrogen-bond donors (Lipinski definition) is 2. The first kappa shape index (κ1) is 27.7. The maximum Gasteiger partial charge on any atom is 0.338 e. The lowest BCUT2D eigenvalue weighted by Crippen LogP contribution is -2.79. The lowest BCUT2D eigenvalue weighted by atomic mass is 9.43. The second kappa shape index (κ2) is 8.85. The van der Waals surface area contributed by atoms with E-state index in [0.717, 1.165) is 0 Å². The molecule has 5 rings (SSSR count). The lowest BCUT2D eigenvalue weighted by molar-refractivity contribution is -0.322. The van der Waals surface area contributed by atoms with Crippen molar-refractivity contribution in [2.24, 2.45) is 22.7 Å². The van der Waals surface area contributed by atoms with E-state index < -0.39 is 64.1 Å². The molecule has 2 bridgehead atoms. The molecule has 2 saturated carbocycles. The van der Waals surface area contributed by atoms with Gasteiger partial charge in [0.1, 0.15) is 23.6 Å². The van der Waals surface area contributed by atoms with Gasteiger partial charge in [-0.05, 0) is 43.5 Å². The third kappa shape index (κ3) is 3.57. The number of esters is 2. The van der Waals surface area contributed by atoms with Gasteiger partial charge in [-0.2, -0.15) is 0 Å². The summed E-state index contributed by atoms with van der Waals surface area (Å²) in [5, 5.41) is 24.0. The van der Waals surface area contributed by atoms with Crippen LogP contribution in [0.2, 0.25) is 0 Å². The number of ketones is 1. The molecule has 1 heterocycles. The van der Waals surface area contributed by atoms with E-state index in [1.54, 1.807) is 51.1 Å². The zero-order chi connectivity index (χ0) is 28.7. The van der Waals surface area contributed by atoms with Crippen LogP contribution in [-0.4, -0.2) is 64.1 Å². The monoisotopic (exact) mass is 538 g/mol. The van der Waals surface area contributed by atoms with Gasteiger partial charge in [-0.1, -0.05) is 51.1 Å². The number of aliphatic hydroxyl groups excluding tert-OH is 1. The van der Waals surface area contributed by atoms with E-state index in [-0.39, 0.29) is 30.8 Å². The number of hydrogen-bond acceptors (Lipinski definition) is 8. The molecule has 8 heteroatoms. The van der Waals surface area contributed by atoms with Crippen LogP contribution >= 0.6 is 0 Å². The Morgan fingerprint density at radius 2 is 1.79 bits per heavy atom. The van der Waals surface area contributed by atoms with Crippen LogP contribution in [0.3, 0.4) is 0 Å². The van der Waals surface area contributed by atoms with Gasteiger partial charge in [0.25, 0.3) is 0 Å². The molecule has 4 aliphatic rings. The maximum atomic E-state index is 14.6.